The lowest BCUT2D eigenvalue weighted by molar-refractivity contribution is -0.0591. The molecular formula is C8H8O4. The molecule has 4 nitrogen and oxygen atoms in total. The van der Waals surface area contributed by atoms with Crippen LogP contribution in [0.5, 0.6) is 0 Å². The maximum absolute atomic E-state index is 10.5. The summed E-state index contributed by atoms with van der Waals surface area (Å²) in [6, 6.07) is 1.59. The van der Waals surface area contributed by atoms with Crippen molar-refractivity contribution in [1.82, 2.24) is 0 Å². The minimum atomic E-state index is -0.500. The summed E-state index contributed by atoms with van der Waals surface area (Å²) in [6.07, 6.45) is 1.67. The number of ether oxygens (including phenoxy) is 2. The molecule has 0 atom stereocenters. The van der Waals surface area contributed by atoms with Crippen LogP contribution >= 0.6 is 0 Å². The summed E-state index contributed by atoms with van der Waals surface area (Å²) >= 11 is 0. The molecule has 64 valence electrons. The fraction of sp³-hybridized carbons (Fsp3) is 0.375. The Morgan fingerprint density at radius 2 is 2.17 bits per heavy atom. The summed E-state index contributed by atoms with van der Waals surface area (Å²) in [4.78, 5) is 10.5. The highest BCUT2D eigenvalue weighted by Crippen LogP contribution is 2.25. The van der Waals surface area contributed by atoms with Crippen LogP contribution in [0, 0.1) is 0 Å². The molecule has 0 radical (unpaired) electrons. The number of hydrogen-bond donors (Lipinski definition) is 0. The van der Waals surface area contributed by atoms with Crippen molar-refractivity contribution in [3.05, 3.63) is 23.7 Å². The Kier molecular flexibility index (Phi) is 1.93. The molecule has 4 heteroatoms. The molecule has 0 aliphatic carbocycles. The average molecular weight is 168 g/mol. The average Bonchev–Trinajstić information content (AvgIpc) is 2.74. The van der Waals surface area contributed by atoms with Crippen molar-refractivity contribution in [2.24, 2.45) is 0 Å². The Morgan fingerprint density at radius 1 is 1.42 bits per heavy atom. The van der Waals surface area contributed by atoms with Crippen molar-refractivity contribution in [2.45, 2.75) is 6.29 Å². The van der Waals surface area contributed by atoms with E-state index in [4.69, 9.17) is 13.9 Å². The Balaban J connectivity index is 2.25. The van der Waals surface area contributed by atoms with Gasteiger partial charge in [0.1, 0.15) is 0 Å². The van der Waals surface area contributed by atoms with Crippen LogP contribution in [0.15, 0.2) is 16.7 Å². The van der Waals surface area contributed by atoms with Gasteiger partial charge in [-0.25, -0.2) is 0 Å². The van der Waals surface area contributed by atoms with E-state index in [0.717, 1.165) is 6.29 Å². The molecule has 1 aliphatic heterocycles. The topological polar surface area (TPSA) is 48.7 Å². The normalized spacial score (nSPS) is 18.3. The summed E-state index contributed by atoms with van der Waals surface area (Å²) < 4.78 is 15.4. The number of rotatable bonds is 2. The van der Waals surface area contributed by atoms with Gasteiger partial charge >= 0.3 is 0 Å². The van der Waals surface area contributed by atoms with Gasteiger partial charge in [-0.05, 0) is 6.07 Å². The second kappa shape index (κ2) is 3.08. The Hall–Kier alpha value is -1.13. The van der Waals surface area contributed by atoms with Gasteiger partial charge in [-0.15, -0.1) is 0 Å². The molecular weight excluding hydrogens is 160 g/mol. The maximum atomic E-state index is 10.5. The number of hydrogen-bond acceptors (Lipinski definition) is 4. The highest BCUT2D eigenvalue weighted by Gasteiger charge is 2.23. The van der Waals surface area contributed by atoms with Crippen molar-refractivity contribution in [1.29, 1.82) is 0 Å². The van der Waals surface area contributed by atoms with Gasteiger partial charge in [0.2, 0.25) is 6.29 Å². The van der Waals surface area contributed by atoms with Gasteiger partial charge in [0.15, 0.2) is 12.0 Å². The lowest BCUT2D eigenvalue weighted by Crippen LogP contribution is -1.99. The molecule has 0 spiro atoms. The van der Waals surface area contributed by atoms with Gasteiger partial charge < -0.3 is 13.9 Å². The number of carbonyl (C=O) groups excluding carboxylic acids is 1. The largest absolute Gasteiger partial charge is 0.463 e. The Morgan fingerprint density at radius 3 is 2.83 bits per heavy atom. The molecule has 0 saturated carbocycles. The van der Waals surface area contributed by atoms with Crippen molar-refractivity contribution in [2.75, 3.05) is 13.2 Å². The molecule has 0 amide bonds. The number of aldehydes is 1. The first-order valence-electron chi connectivity index (χ1n) is 3.67. The molecule has 1 saturated heterocycles. The first-order valence-corrected chi connectivity index (χ1v) is 3.67. The molecule has 0 N–H and O–H groups in total. The van der Waals surface area contributed by atoms with Gasteiger partial charge in [-0.2, -0.15) is 0 Å². The van der Waals surface area contributed by atoms with Crippen molar-refractivity contribution >= 4 is 6.29 Å². The number of furan rings is 1. The molecule has 1 aromatic rings. The molecule has 2 heterocycles. The predicted octanol–water partition coefficient (Wildman–Crippen LogP) is 1.14. The van der Waals surface area contributed by atoms with Gasteiger partial charge in [0, 0.05) is 0 Å². The van der Waals surface area contributed by atoms with E-state index >= 15 is 0 Å². The van der Waals surface area contributed by atoms with E-state index in [0.29, 0.717) is 24.5 Å². The second-order valence-corrected chi connectivity index (χ2v) is 2.43. The third-order valence-electron chi connectivity index (χ3n) is 1.69. The monoisotopic (exact) mass is 168 g/mol. The lowest BCUT2D eigenvalue weighted by Gasteiger charge is -2.04. The van der Waals surface area contributed by atoms with Gasteiger partial charge in [0.25, 0.3) is 0 Å². The highest BCUT2D eigenvalue weighted by atomic mass is 16.7. The van der Waals surface area contributed by atoms with Gasteiger partial charge in [-0.3, -0.25) is 4.79 Å². The summed E-state index contributed by atoms with van der Waals surface area (Å²) in [5.74, 6) is 0.461. The third kappa shape index (κ3) is 1.15. The van der Waals surface area contributed by atoms with Gasteiger partial charge in [0.05, 0.1) is 25.0 Å². The van der Waals surface area contributed by atoms with E-state index in [1.165, 1.54) is 6.26 Å². The SMILES string of the molecule is O=Cc1ccoc1C1OCCO1. The summed E-state index contributed by atoms with van der Waals surface area (Å²) in [5, 5.41) is 0. The van der Waals surface area contributed by atoms with Crippen LogP contribution in [0.2, 0.25) is 0 Å². The second-order valence-electron chi connectivity index (χ2n) is 2.43. The lowest BCUT2D eigenvalue weighted by atomic mass is 10.3. The van der Waals surface area contributed by atoms with E-state index in [2.05, 4.69) is 0 Å². The van der Waals surface area contributed by atoms with Crippen molar-refractivity contribution < 1.29 is 18.7 Å². The van der Waals surface area contributed by atoms with Crippen molar-refractivity contribution in [3.8, 4) is 0 Å². The molecule has 0 bridgehead atoms. The van der Waals surface area contributed by atoms with Crippen LogP contribution in [0.3, 0.4) is 0 Å². The molecule has 1 aromatic heterocycles. The van der Waals surface area contributed by atoms with Crippen LogP contribution in [0.25, 0.3) is 0 Å². The highest BCUT2D eigenvalue weighted by molar-refractivity contribution is 5.76. The molecule has 1 aliphatic rings. The standard InChI is InChI=1S/C8H8O4/c9-5-6-1-2-10-7(6)8-11-3-4-12-8/h1-2,5,8H,3-4H2. The zero-order valence-corrected chi connectivity index (χ0v) is 6.36. The van der Waals surface area contributed by atoms with Crippen LogP contribution in [-0.2, 0) is 9.47 Å². The first kappa shape index (κ1) is 7.52. The zero-order valence-electron chi connectivity index (χ0n) is 6.36. The quantitative estimate of drug-likeness (QED) is 0.621. The summed E-state index contributed by atoms with van der Waals surface area (Å²) in [7, 11) is 0. The molecule has 12 heavy (non-hydrogen) atoms. The Bertz CT molecular complexity index is 272. The summed E-state index contributed by atoms with van der Waals surface area (Å²) in [6.45, 7) is 1.09. The smallest absolute Gasteiger partial charge is 0.218 e. The third-order valence-corrected chi connectivity index (χ3v) is 1.69. The first-order chi connectivity index (χ1) is 5.92. The van der Waals surface area contributed by atoms with E-state index in [1.54, 1.807) is 6.07 Å². The van der Waals surface area contributed by atoms with E-state index < -0.39 is 6.29 Å². The predicted molar refractivity (Wildman–Crippen MR) is 38.7 cm³/mol. The minimum Gasteiger partial charge on any atom is -0.463 e. The molecule has 0 aromatic carbocycles. The van der Waals surface area contributed by atoms with E-state index in [9.17, 15) is 4.79 Å². The van der Waals surface area contributed by atoms with Gasteiger partial charge in [-0.1, -0.05) is 0 Å². The molecule has 2 rings (SSSR count). The number of carbonyl (C=O) groups is 1. The minimum absolute atomic E-state index is 0.461. The summed E-state index contributed by atoms with van der Waals surface area (Å²) in [5.41, 5.74) is 0.488. The zero-order chi connectivity index (χ0) is 8.39. The molecule has 1 fully saturated rings. The molecule has 0 unspecified atom stereocenters. The Labute approximate surface area is 69.1 Å². The van der Waals surface area contributed by atoms with Crippen molar-refractivity contribution in [3.63, 3.8) is 0 Å². The van der Waals surface area contributed by atoms with Crippen LogP contribution in [0.1, 0.15) is 22.4 Å². The van der Waals surface area contributed by atoms with Crippen LogP contribution in [-0.4, -0.2) is 19.5 Å². The van der Waals surface area contributed by atoms with Crippen LogP contribution in [0.4, 0.5) is 0 Å². The maximum Gasteiger partial charge on any atom is 0.218 e. The van der Waals surface area contributed by atoms with E-state index in [1.807, 2.05) is 0 Å². The van der Waals surface area contributed by atoms with E-state index in [-0.39, 0.29) is 0 Å². The fourth-order valence-corrected chi connectivity index (χ4v) is 1.13. The van der Waals surface area contributed by atoms with Crippen LogP contribution < -0.4 is 0 Å². The fourth-order valence-electron chi connectivity index (χ4n) is 1.13.